The molecule has 7 heteroatoms. The van der Waals surface area contributed by atoms with Gasteiger partial charge >= 0.3 is 0 Å². The standard InChI is InChI=1S/C22H23ClN4O2/c1-15-5-10-19(12-21(15)29-4)25-22(28)20-11-17(13-27(20)24-14-26(2)3)16-6-8-18(23)9-7-16/h5-14H,1-4H3,(H,25,28). The van der Waals surface area contributed by atoms with Crippen molar-refractivity contribution < 1.29 is 9.53 Å². The minimum Gasteiger partial charge on any atom is -0.496 e. The van der Waals surface area contributed by atoms with Crippen LogP contribution < -0.4 is 10.1 Å². The second-order valence-corrected chi connectivity index (χ2v) is 7.23. The molecule has 3 aromatic rings. The fraction of sp³-hybridized carbons (Fsp3) is 0.182. The highest BCUT2D eigenvalue weighted by Crippen LogP contribution is 2.26. The number of hydrogen-bond donors (Lipinski definition) is 1. The summed E-state index contributed by atoms with van der Waals surface area (Å²) in [4.78, 5) is 14.8. The quantitative estimate of drug-likeness (QED) is 0.472. The molecule has 29 heavy (non-hydrogen) atoms. The van der Waals surface area contributed by atoms with Crippen LogP contribution in [0.1, 0.15) is 16.1 Å². The molecule has 0 saturated heterocycles. The lowest BCUT2D eigenvalue weighted by atomic mass is 10.1. The molecule has 150 valence electrons. The van der Waals surface area contributed by atoms with E-state index in [0.717, 1.165) is 16.7 Å². The molecule has 0 unspecified atom stereocenters. The smallest absolute Gasteiger partial charge is 0.274 e. The van der Waals surface area contributed by atoms with E-state index in [-0.39, 0.29) is 5.91 Å². The highest BCUT2D eigenvalue weighted by Gasteiger charge is 2.16. The first-order chi connectivity index (χ1) is 13.9. The Hall–Kier alpha value is -3.25. The van der Waals surface area contributed by atoms with E-state index in [2.05, 4.69) is 10.4 Å². The molecule has 0 aliphatic rings. The lowest BCUT2D eigenvalue weighted by molar-refractivity contribution is 0.101. The third kappa shape index (κ3) is 4.97. The number of anilines is 1. The Morgan fingerprint density at radius 1 is 1.14 bits per heavy atom. The maximum atomic E-state index is 13.0. The number of hydrogen-bond acceptors (Lipinski definition) is 3. The zero-order valence-electron chi connectivity index (χ0n) is 16.8. The van der Waals surface area contributed by atoms with Crippen molar-refractivity contribution in [3.8, 4) is 16.9 Å². The van der Waals surface area contributed by atoms with Crippen molar-refractivity contribution in [3.63, 3.8) is 0 Å². The number of aryl methyl sites for hydroxylation is 1. The Labute approximate surface area is 175 Å². The molecule has 6 nitrogen and oxygen atoms in total. The number of nitrogens with one attached hydrogen (secondary N) is 1. The van der Waals surface area contributed by atoms with E-state index >= 15 is 0 Å². The highest BCUT2D eigenvalue weighted by atomic mass is 35.5. The minimum absolute atomic E-state index is 0.271. The molecule has 0 aliphatic carbocycles. The predicted octanol–water partition coefficient (Wildman–Crippen LogP) is 4.73. The lowest BCUT2D eigenvalue weighted by Gasteiger charge is -2.10. The Bertz CT molecular complexity index is 1040. The van der Waals surface area contributed by atoms with Gasteiger partial charge in [0.15, 0.2) is 0 Å². The topological polar surface area (TPSA) is 58.9 Å². The monoisotopic (exact) mass is 410 g/mol. The molecule has 1 N–H and O–H groups in total. The van der Waals surface area contributed by atoms with Gasteiger partial charge in [-0.05, 0) is 42.3 Å². The van der Waals surface area contributed by atoms with Crippen molar-refractivity contribution in [2.75, 3.05) is 26.5 Å². The summed E-state index contributed by atoms with van der Waals surface area (Å²) in [5.74, 6) is 0.442. The first-order valence-corrected chi connectivity index (χ1v) is 9.40. The number of methoxy groups -OCH3 is 1. The second kappa shape index (κ2) is 8.84. The van der Waals surface area contributed by atoms with Crippen LogP contribution in [0.15, 0.2) is 59.8 Å². The first-order valence-electron chi connectivity index (χ1n) is 9.02. The van der Waals surface area contributed by atoms with E-state index in [0.29, 0.717) is 22.2 Å². The first kappa shape index (κ1) is 20.5. The van der Waals surface area contributed by atoms with Crippen molar-refractivity contribution in [1.82, 2.24) is 9.58 Å². The number of nitrogens with zero attached hydrogens (tertiary/aromatic N) is 3. The number of carbonyl (C=O) groups is 1. The van der Waals surface area contributed by atoms with Crippen molar-refractivity contribution in [2.24, 2.45) is 5.10 Å². The van der Waals surface area contributed by atoms with E-state index in [9.17, 15) is 4.79 Å². The van der Waals surface area contributed by atoms with Crippen LogP contribution in [0.2, 0.25) is 5.02 Å². The maximum absolute atomic E-state index is 13.0. The molecule has 0 aliphatic heterocycles. The van der Waals surface area contributed by atoms with Gasteiger partial charge in [-0.25, -0.2) is 4.68 Å². The number of halogens is 1. The number of benzene rings is 2. The average molecular weight is 411 g/mol. The van der Waals surface area contributed by atoms with Crippen LogP contribution in [-0.4, -0.2) is 43.0 Å². The molecular formula is C22H23ClN4O2. The second-order valence-electron chi connectivity index (χ2n) is 6.80. The van der Waals surface area contributed by atoms with Crippen LogP contribution in [0.3, 0.4) is 0 Å². The van der Waals surface area contributed by atoms with Gasteiger partial charge in [0.2, 0.25) is 0 Å². The van der Waals surface area contributed by atoms with Gasteiger partial charge in [0.05, 0.1) is 7.11 Å². The zero-order chi connectivity index (χ0) is 21.0. The number of rotatable bonds is 6. The molecule has 1 heterocycles. The summed E-state index contributed by atoms with van der Waals surface area (Å²) < 4.78 is 6.90. The molecule has 3 rings (SSSR count). The maximum Gasteiger partial charge on any atom is 0.274 e. The molecule has 2 aromatic carbocycles. The lowest BCUT2D eigenvalue weighted by Crippen LogP contribution is -2.16. The Balaban J connectivity index is 1.95. The minimum atomic E-state index is -0.271. The molecule has 0 atom stereocenters. The van der Waals surface area contributed by atoms with Gasteiger partial charge in [-0.1, -0.05) is 29.8 Å². The van der Waals surface area contributed by atoms with Crippen LogP contribution in [0.5, 0.6) is 5.75 Å². The van der Waals surface area contributed by atoms with Crippen molar-refractivity contribution >= 4 is 29.5 Å². The predicted molar refractivity (Wildman–Crippen MR) is 118 cm³/mol. The van der Waals surface area contributed by atoms with Gasteiger partial charge in [0.25, 0.3) is 5.91 Å². The third-order valence-electron chi connectivity index (χ3n) is 4.28. The normalized spacial score (nSPS) is 10.9. The van der Waals surface area contributed by atoms with Crippen molar-refractivity contribution in [3.05, 3.63) is 71.0 Å². The van der Waals surface area contributed by atoms with E-state index in [4.69, 9.17) is 16.3 Å². The molecular weight excluding hydrogens is 388 g/mol. The fourth-order valence-electron chi connectivity index (χ4n) is 2.77. The van der Waals surface area contributed by atoms with Gasteiger partial charge in [0.1, 0.15) is 17.8 Å². The van der Waals surface area contributed by atoms with Crippen LogP contribution in [0, 0.1) is 6.92 Å². The Morgan fingerprint density at radius 2 is 1.86 bits per heavy atom. The molecule has 0 fully saturated rings. The Morgan fingerprint density at radius 3 is 2.52 bits per heavy atom. The Kier molecular flexibility index (Phi) is 6.24. The zero-order valence-corrected chi connectivity index (χ0v) is 17.6. The van der Waals surface area contributed by atoms with Crippen LogP contribution >= 0.6 is 11.6 Å². The highest BCUT2D eigenvalue weighted by molar-refractivity contribution is 6.30. The van der Waals surface area contributed by atoms with Crippen LogP contribution in [-0.2, 0) is 0 Å². The summed E-state index contributed by atoms with van der Waals surface area (Å²) in [7, 11) is 5.34. The molecule has 0 spiro atoms. The van der Waals surface area contributed by atoms with Crippen LogP contribution in [0.4, 0.5) is 5.69 Å². The summed E-state index contributed by atoms with van der Waals surface area (Å²) in [6.07, 6.45) is 3.45. The van der Waals surface area contributed by atoms with Crippen molar-refractivity contribution in [2.45, 2.75) is 6.92 Å². The number of ether oxygens (including phenoxy) is 1. The van der Waals surface area contributed by atoms with Gasteiger partial charge in [-0.3, -0.25) is 4.79 Å². The van der Waals surface area contributed by atoms with Gasteiger partial charge in [-0.15, -0.1) is 0 Å². The molecule has 0 saturated carbocycles. The molecule has 0 radical (unpaired) electrons. The van der Waals surface area contributed by atoms with Crippen molar-refractivity contribution in [1.29, 1.82) is 0 Å². The summed E-state index contributed by atoms with van der Waals surface area (Å²) in [6, 6.07) is 14.8. The summed E-state index contributed by atoms with van der Waals surface area (Å²) in [5.41, 5.74) is 3.86. The number of carbonyl (C=O) groups excluding carboxylic acids is 1. The summed E-state index contributed by atoms with van der Waals surface area (Å²) in [5, 5.41) is 7.96. The van der Waals surface area contributed by atoms with E-state index < -0.39 is 0 Å². The van der Waals surface area contributed by atoms with E-state index in [1.807, 2.05) is 63.6 Å². The fourth-order valence-corrected chi connectivity index (χ4v) is 2.90. The van der Waals surface area contributed by atoms with Gasteiger partial charge < -0.3 is 15.0 Å². The van der Waals surface area contributed by atoms with E-state index in [1.165, 1.54) is 0 Å². The van der Waals surface area contributed by atoms with E-state index in [1.54, 1.807) is 35.2 Å². The average Bonchev–Trinajstić information content (AvgIpc) is 3.12. The molecule has 1 amide bonds. The summed E-state index contributed by atoms with van der Waals surface area (Å²) >= 11 is 5.99. The van der Waals surface area contributed by atoms with Gasteiger partial charge in [0, 0.05) is 42.6 Å². The third-order valence-corrected chi connectivity index (χ3v) is 4.54. The van der Waals surface area contributed by atoms with Crippen LogP contribution in [0.25, 0.3) is 11.1 Å². The SMILES string of the molecule is COc1cc(NC(=O)c2cc(-c3ccc(Cl)cc3)cn2N=CN(C)C)ccc1C. The largest absolute Gasteiger partial charge is 0.496 e. The number of aromatic nitrogens is 1. The van der Waals surface area contributed by atoms with Gasteiger partial charge in [-0.2, -0.15) is 5.10 Å². The number of amides is 1. The summed E-state index contributed by atoms with van der Waals surface area (Å²) in [6.45, 7) is 1.95. The molecule has 0 bridgehead atoms. The molecule has 1 aromatic heterocycles.